The number of anilines is 2. The minimum absolute atomic E-state index is 0. The number of hydrogen-bond donors (Lipinski definition) is 6. The van der Waals surface area contributed by atoms with Crippen molar-refractivity contribution in [2.75, 3.05) is 10.6 Å². The van der Waals surface area contributed by atoms with Crippen molar-refractivity contribution in [3.63, 3.8) is 0 Å². The number of carboxylic acids is 2. The Labute approximate surface area is 528 Å². The van der Waals surface area contributed by atoms with E-state index >= 15 is 0 Å². The normalized spacial score (nSPS) is 12.1. The fraction of sp³-hybridized carbons (Fsp3) is 0.273. The van der Waals surface area contributed by atoms with Gasteiger partial charge >= 0.3 is 37.7 Å². The first kappa shape index (κ1) is 72.9. The topological polar surface area (TPSA) is 324 Å². The molecule has 2 aromatic heterocycles. The van der Waals surface area contributed by atoms with Gasteiger partial charge in [-0.25, -0.2) is 8.78 Å². The minimum atomic E-state index is -1.39. The van der Waals surface area contributed by atoms with Crippen LogP contribution in [0.2, 0.25) is 0 Å². The SMILES string of the molecule is CC(C)c1c(C(=O)Nc2ccccc2)c(-c2ccccc2)c(-c2ccc(F)cc2)n1CCC(O)CC(O)CC(=O)[O-].CC(C)c1c(C(=O)Nc2ccccc2)c(-c2ccccc2)c(-c2ccc(F)cc2)n1CC[C@H](O)C[C@H](O)CC(=O)[O-].O.O.O.[Ca+2]. The predicted octanol–water partition coefficient (Wildman–Crippen LogP) is 7.10. The summed E-state index contributed by atoms with van der Waals surface area (Å²) in [7, 11) is 0. The number of halogens is 2. The molecule has 8 aromatic rings. The third-order valence-corrected chi connectivity index (χ3v) is 13.8. The summed E-state index contributed by atoms with van der Waals surface area (Å²) in [4.78, 5) is 49.8. The van der Waals surface area contributed by atoms with Crippen LogP contribution >= 0.6 is 0 Å². The summed E-state index contributed by atoms with van der Waals surface area (Å²) in [5, 5.41) is 69.2. The van der Waals surface area contributed by atoms with E-state index in [4.69, 9.17) is 0 Å². The molecule has 0 spiro atoms. The van der Waals surface area contributed by atoms with E-state index in [1.807, 2.05) is 134 Å². The molecular formula is C66H74CaF2N4O13. The zero-order valence-corrected chi connectivity index (χ0v) is 50.6. The number of aromatic nitrogens is 2. The van der Waals surface area contributed by atoms with Crippen molar-refractivity contribution < 1.29 is 75.0 Å². The fourth-order valence-corrected chi connectivity index (χ4v) is 10.4. The van der Waals surface area contributed by atoms with Gasteiger partial charge in [0.25, 0.3) is 11.8 Å². The van der Waals surface area contributed by atoms with Gasteiger partial charge in [-0.1, -0.05) is 125 Å². The number of carboxylic acid groups (broad SMARTS) is 2. The van der Waals surface area contributed by atoms with Crippen molar-refractivity contribution in [2.45, 2.75) is 116 Å². The Bertz CT molecular complexity index is 3180. The number of aliphatic carboxylic acids is 2. The molecular weight excluding hydrogens is 1130 g/mol. The number of nitrogens with zero attached hydrogens (tertiary/aromatic N) is 2. The van der Waals surface area contributed by atoms with Gasteiger partial charge in [0.15, 0.2) is 0 Å². The number of carbonyl (C=O) groups is 4. The standard InChI is InChI=1S/2C33H35FN2O5.Ca.3H2O/c2*1-21(2)31-30(33(41)35-25-11-7-4-8-12-25)29(22-9-5-3-6-10-22)32(23-13-15-24(34)16-14-23)36(31)18-17-26(37)19-27(38)20-28(39)40;;;;/h2*3-16,21,26-27,37-38H,17-20H2,1-2H3,(H,35,41)(H,39,40);;3*1H2/q;;+2;;;/p-2/t26-,27-;;;;;/m0...../s1. The molecule has 17 nitrogen and oxygen atoms in total. The Morgan fingerprint density at radius 3 is 1.01 bits per heavy atom. The average Bonchev–Trinajstić information content (AvgIpc) is 1.82. The second-order valence-corrected chi connectivity index (χ2v) is 20.8. The molecule has 8 rings (SSSR count). The number of amides is 2. The number of para-hydroxylation sites is 2. The Balaban J connectivity index is 0.000000430. The van der Waals surface area contributed by atoms with Gasteiger partial charge in [-0.2, -0.15) is 0 Å². The van der Waals surface area contributed by atoms with E-state index in [1.54, 1.807) is 48.5 Å². The van der Waals surface area contributed by atoms with E-state index in [1.165, 1.54) is 24.3 Å². The maximum absolute atomic E-state index is 14.0. The molecule has 2 heterocycles. The van der Waals surface area contributed by atoms with Gasteiger partial charge in [0.1, 0.15) is 11.6 Å². The molecule has 4 atom stereocenters. The molecule has 0 fully saturated rings. The van der Waals surface area contributed by atoms with E-state index in [0.717, 1.165) is 22.5 Å². The third kappa shape index (κ3) is 19.3. The van der Waals surface area contributed by atoms with E-state index in [2.05, 4.69) is 10.6 Å². The molecule has 0 aliphatic rings. The molecule has 0 aliphatic carbocycles. The van der Waals surface area contributed by atoms with Crippen LogP contribution in [0.4, 0.5) is 20.2 Å². The number of rotatable bonds is 24. The number of aliphatic hydroxyl groups excluding tert-OH is 4. The summed E-state index contributed by atoms with van der Waals surface area (Å²) in [6, 6.07) is 49.4. The molecule has 0 bridgehead atoms. The molecule has 2 unspecified atom stereocenters. The monoisotopic (exact) mass is 1210 g/mol. The molecule has 20 heteroatoms. The smallest absolute Gasteiger partial charge is 0.550 e. The van der Waals surface area contributed by atoms with Crippen LogP contribution in [-0.2, 0) is 22.7 Å². The second-order valence-electron chi connectivity index (χ2n) is 20.8. The van der Waals surface area contributed by atoms with Crippen molar-refractivity contribution in [3.8, 4) is 44.8 Å². The first-order valence-electron chi connectivity index (χ1n) is 27.3. The molecule has 86 heavy (non-hydrogen) atoms. The third-order valence-electron chi connectivity index (χ3n) is 13.8. The Morgan fingerprint density at radius 2 is 0.733 bits per heavy atom. The summed E-state index contributed by atoms with van der Waals surface area (Å²) in [6.07, 6.45) is -5.54. The molecule has 0 aliphatic heterocycles. The number of nitrogens with one attached hydrogen (secondary N) is 2. The first-order chi connectivity index (χ1) is 39.3. The molecule has 0 radical (unpaired) electrons. The zero-order valence-electron chi connectivity index (χ0n) is 48.4. The van der Waals surface area contributed by atoms with Crippen molar-refractivity contribution in [3.05, 3.63) is 204 Å². The molecule has 2 amide bonds. The number of aliphatic hydroxyl groups is 4. The number of carbonyl (C=O) groups excluding carboxylic acids is 4. The maximum Gasteiger partial charge on any atom is 2.00 e. The summed E-state index contributed by atoms with van der Waals surface area (Å²) in [5.74, 6) is -4.41. The number of hydrogen-bond acceptors (Lipinski definition) is 10. The minimum Gasteiger partial charge on any atom is -0.550 e. The summed E-state index contributed by atoms with van der Waals surface area (Å²) in [6.45, 7) is 8.45. The van der Waals surface area contributed by atoms with Gasteiger partial charge in [-0.05, 0) is 133 Å². The molecule has 0 saturated heterocycles. The molecule has 6 aromatic carbocycles. The van der Waals surface area contributed by atoms with Crippen LogP contribution in [-0.4, -0.2) is 132 Å². The van der Waals surface area contributed by atoms with Crippen LogP contribution in [0.5, 0.6) is 0 Å². The van der Waals surface area contributed by atoms with Crippen LogP contribution in [0.25, 0.3) is 44.8 Å². The van der Waals surface area contributed by atoms with Gasteiger partial charge in [0.05, 0.1) is 46.9 Å². The van der Waals surface area contributed by atoms with Crippen molar-refractivity contribution in [1.29, 1.82) is 0 Å². The van der Waals surface area contributed by atoms with Gasteiger partial charge in [-0.15, -0.1) is 0 Å². The zero-order chi connectivity index (χ0) is 59.0. The van der Waals surface area contributed by atoms with E-state index in [-0.39, 0.29) is 117 Å². The van der Waals surface area contributed by atoms with Crippen LogP contribution in [0.15, 0.2) is 170 Å². The van der Waals surface area contributed by atoms with Gasteiger partial charge in [0.2, 0.25) is 0 Å². The van der Waals surface area contributed by atoms with Crippen LogP contribution in [0, 0.1) is 11.6 Å². The van der Waals surface area contributed by atoms with Crippen molar-refractivity contribution in [1.82, 2.24) is 9.13 Å². The summed E-state index contributed by atoms with van der Waals surface area (Å²) < 4.78 is 32.0. The van der Waals surface area contributed by atoms with Crippen LogP contribution in [0.3, 0.4) is 0 Å². The fourth-order valence-electron chi connectivity index (χ4n) is 10.4. The van der Waals surface area contributed by atoms with E-state index < -0.39 is 60.8 Å². The van der Waals surface area contributed by atoms with Crippen LogP contribution < -0.4 is 20.8 Å². The average molecular weight is 1210 g/mol. The van der Waals surface area contributed by atoms with Crippen molar-refractivity contribution in [2.24, 2.45) is 0 Å². The molecule has 12 N–H and O–H groups in total. The largest absolute Gasteiger partial charge is 2.00 e. The Morgan fingerprint density at radius 1 is 0.442 bits per heavy atom. The van der Waals surface area contributed by atoms with E-state index in [0.29, 0.717) is 56.1 Å². The van der Waals surface area contributed by atoms with Gasteiger partial charge in [-0.3, -0.25) is 9.59 Å². The second kappa shape index (κ2) is 34.7. The summed E-state index contributed by atoms with van der Waals surface area (Å²) >= 11 is 0. The van der Waals surface area contributed by atoms with Crippen LogP contribution in [0.1, 0.15) is 110 Å². The number of benzene rings is 6. The molecule has 0 saturated carbocycles. The van der Waals surface area contributed by atoms with Gasteiger partial charge in [0, 0.05) is 71.8 Å². The Kier molecular flexibility index (Phi) is 29.4. The van der Waals surface area contributed by atoms with Crippen molar-refractivity contribution >= 4 is 72.9 Å². The predicted molar refractivity (Wildman–Crippen MR) is 326 cm³/mol. The first-order valence-corrected chi connectivity index (χ1v) is 27.3. The quantitative estimate of drug-likeness (QED) is 0.0333. The van der Waals surface area contributed by atoms with Gasteiger partial charge < -0.3 is 76.4 Å². The maximum atomic E-state index is 14.0. The molecule has 452 valence electrons. The summed E-state index contributed by atoms with van der Waals surface area (Å²) in [5.41, 5.74) is 9.43. The Hall–Kier alpha value is -7.40. The van der Waals surface area contributed by atoms with E-state index in [9.17, 15) is 58.6 Å².